The van der Waals surface area contributed by atoms with E-state index in [-0.39, 0.29) is 17.4 Å². The Bertz CT molecular complexity index is 546. The SMILES string of the molecule is CC(CC(C)(C)c1ccccc1)NC(=O)c1cn[nH]c1. The molecule has 0 saturated carbocycles. The largest absolute Gasteiger partial charge is 0.349 e. The third-order valence-corrected chi connectivity index (χ3v) is 3.51. The average Bonchev–Trinajstić information content (AvgIpc) is 2.93. The summed E-state index contributed by atoms with van der Waals surface area (Å²) in [7, 11) is 0. The maximum absolute atomic E-state index is 12.0. The fourth-order valence-corrected chi connectivity index (χ4v) is 2.51. The highest BCUT2D eigenvalue weighted by atomic mass is 16.1. The van der Waals surface area contributed by atoms with E-state index in [0.717, 1.165) is 6.42 Å². The fourth-order valence-electron chi connectivity index (χ4n) is 2.51. The molecular weight excluding hydrogens is 250 g/mol. The second-order valence-electron chi connectivity index (χ2n) is 5.82. The van der Waals surface area contributed by atoms with Crippen LogP contribution in [0.4, 0.5) is 0 Å². The topological polar surface area (TPSA) is 57.8 Å². The molecule has 2 rings (SSSR count). The van der Waals surface area contributed by atoms with Crippen molar-refractivity contribution in [2.45, 2.75) is 38.6 Å². The molecule has 0 aliphatic rings. The summed E-state index contributed by atoms with van der Waals surface area (Å²) in [6.45, 7) is 6.42. The Morgan fingerprint density at radius 1 is 1.35 bits per heavy atom. The minimum atomic E-state index is -0.0879. The minimum absolute atomic E-state index is 0.0182. The van der Waals surface area contributed by atoms with E-state index in [1.54, 1.807) is 6.20 Å². The molecule has 1 amide bonds. The smallest absolute Gasteiger partial charge is 0.254 e. The molecule has 20 heavy (non-hydrogen) atoms. The van der Waals surface area contributed by atoms with Gasteiger partial charge in [0.1, 0.15) is 0 Å². The molecule has 106 valence electrons. The summed E-state index contributed by atoms with van der Waals surface area (Å²) in [4.78, 5) is 12.0. The minimum Gasteiger partial charge on any atom is -0.349 e. The van der Waals surface area contributed by atoms with E-state index < -0.39 is 0 Å². The number of benzene rings is 1. The van der Waals surface area contributed by atoms with E-state index >= 15 is 0 Å². The predicted octanol–water partition coefficient (Wildman–Crippen LogP) is 2.90. The molecule has 1 aromatic carbocycles. The van der Waals surface area contributed by atoms with Gasteiger partial charge in [-0.15, -0.1) is 0 Å². The van der Waals surface area contributed by atoms with Crippen LogP contribution in [0.1, 0.15) is 43.1 Å². The van der Waals surface area contributed by atoms with Gasteiger partial charge in [-0.3, -0.25) is 9.89 Å². The average molecular weight is 271 g/mol. The number of amides is 1. The first-order chi connectivity index (χ1) is 9.49. The van der Waals surface area contributed by atoms with E-state index in [9.17, 15) is 4.79 Å². The molecule has 0 spiro atoms. The van der Waals surface area contributed by atoms with E-state index in [1.807, 2.05) is 25.1 Å². The molecule has 4 heteroatoms. The second-order valence-corrected chi connectivity index (χ2v) is 5.82. The first-order valence-corrected chi connectivity index (χ1v) is 6.84. The third kappa shape index (κ3) is 3.47. The van der Waals surface area contributed by atoms with Gasteiger partial charge in [0.05, 0.1) is 11.8 Å². The number of H-pyrrole nitrogens is 1. The summed E-state index contributed by atoms with van der Waals surface area (Å²) in [5.41, 5.74) is 1.86. The molecule has 0 saturated heterocycles. The van der Waals surface area contributed by atoms with Crippen LogP contribution in [0, 0.1) is 0 Å². The lowest BCUT2D eigenvalue weighted by Crippen LogP contribution is -2.37. The molecule has 2 aromatic rings. The number of carbonyl (C=O) groups is 1. The number of hydrogen-bond acceptors (Lipinski definition) is 2. The fraction of sp³-hybridized carbons (Fsp3) is 0.375. The van der Waals surface area contributed by atoms with Gasteiger partial charge < -0.3 is 5.32 Å². The van der Waals surface area contributed by atoms with E-state index in [1.165, 1.54) is 11.8 Å². The molecule has 1 aromatic heterocycles. The van der Waals surface area contributed by atoms with E-state index in [0.29, 0.717) is 5.56 Å². The van der Waals surface area contributed by atoms with Crippen LogP contribution in [0.3, 0.4) is 0 Å². The normalized spacial score (nSPS) is 12.9. The zero-order valence-corrected chi connectivity index (χ0v) is 12.2. The molecule has 0 fully saturated rings. The van der Waals surface area contributed by atoms with Gasteiger partial charge in [-0.25, -0.2) is 0 Å². The van der Waals surface area contributed by atoms with Crippen molar-refractivity contribution in [2.24, 2.45) is 0 Å². The van der Waals surface area contributed by atoms with Crippen molar-refractivity contribution in [3.05, 3.63) is 53.9 Å². The number of aromatic amines is 1. The molecule has 0 radical (unpaired) electrons. The molecule has 1 heterocycles. The predicted molar refractivity (Wildman–Crippen MR) is 79.6 cm³/mol. The zero-order chi connectivity index (χ0) is 14.6. The van der Waals surface area contributed by atoms with Gasteiger partial charge in [0.2, 0.25) is 0 Å². The second kappa shape index (κ2) is 5.90. The lowest BCUT2D eigenvalue weighted by atomic mass is 9.79. The summed E-state index contributed by atoms with van der Waals surface area (Å²) in [6.07, 6.45) is 4.01. The summed E-state index contributed by atoms with van der Waals surface area (Å²) >= 11 is 0. The van der Waals surface area contributed by atoms with E-state index in [2.05, 4.69) is 41.5 Å². The maximum atomic E-state index is 12.0. The Morgan fingerprint density at radius 3 is 2.65 bits per heavy atom. The number of nitrogens with one attached hydrogen (secondary N) is 2. The lowest BCUT2D eigenvalue weighted by Gasteiger charge is -2.29. The van der Waals surface area contributed by atoms with Gasteiger partial charge in [0.15, 0.2) is 0 Å². The summed E-state index contributed by atoms with van der Waals surface area (Å²) in [6, 6.07) is 10.5. The zero-order valence-electron chi connectivity index (χ0n) is 12.2. The van der Waals surface area contributed by atoms with Crippen LogP contribution in [-0.4, -0.2) is 22.1 Å². The maximum Gasteiger partial charge on any atom is 0.254 e. The Hall–Kier alpha value is -2.10. The standard InChI is InChI=1S/C16H21N3O/c1-12(19-15(20)13-10-17-18-11-13)9-16(2,3)14-7-5-4-6-8-14/h4-8,10-12H,9H2,1-3H3,(H,17,18)(H,19,20). The molecular formula is C16H21N3O. The molecule has 4 nitrogen and oxygen atoms in total. The number of carbonyl (C=O) groups excluding carboxylic acids is 1. The van der Waals surface area contributed by atoms with Gasteiger partial charge >= 0.3 is 0 Å². The highest BCUT2D eigenvalue weighted by molar-refractivity contribution is 5.93. The van der Waals surface area contributed by atoms with E-state index in [4.69, 9.17) is 0 Å². The van der Waals surface area contributed by atoms with Crippen LogP contribution in [0.2, 0.25) is 0 Å². The highest BCUT2D eigenvalue weighted by Gasteiger charge is 2.24. The molecule has 0 aliphatic heterocycles. The third-order valence-electron chi connectivity index (χ3n) is 3.51. The number of rotatable bonds is 5. The van der Waals surface area contributed by atoms with Crippen molar-refractivity contribution in [3.63, 3.8) is 0 Å². The van der Waals surface area contributed by atoms with Gasteiger partial charge in [-0.2, -0.15) is 5.10 Å². The monoisotopic (exact) mass is 271 g/mol. The molecule has 2 N–H and O–H groups in total. The van der Waals surface area contributed by atoms with Crippen LogP contribution in [0.15, 0.2) is 42.7 Å². The summed E-state index contributed by atoms with van der Waals surface area (Å²) < 4.78 is 0. The van der Waals surface area contributed by atoms with Gasteiger partial charge in [-0.05, 0) is 24.3 Å². The van der Waals surface area contributed by atoms with Crippen LogP contribution < -0.4 is 5.32 Å². The first kappa shape index (κ1) is 14.3. The summed E-state index contributed by atoms with van der Waals surface area (Å²) in [5.74, 6) is -0.0879. The highest BCUT2D eigenvalue weighted by Crippen LogP contribution is 2.28. The molecule has 0 aliphatic carbocycles. The number of nitrogens with zero attached hydrogens (tertiary/aromatic N) is 1. The van der Waals surface area contributed by atoms with Crippen molar-refractivity contribution >= 4 is 5.91 Å². The Labute approximate surface area is 119 Å². The Kier molecular flexibility index (Phi) is 4.23. The Morgan fingerprint density at radius 2 is 2.05 bits per heavy atom. The quantitative estimate of drug-likeness (QED) is 0.878. The van der Waals surface area contributed by atoms with Crippen molar-refractivity contribution in [2.75, 3.05) is 0 Å². The van der Waals surface area contributed by atoms with Crippen molar-refractivity contribution in [1.29, 1.82) is 0 Å². The van der Waals surface area contributed by atoms with Crippen molar-refractivity contribution in [1.82, 2.24) is 15.5 Å². The molecule has 1 atom stereocenters. The van der Waals surface area contributed by atoms with Crippen molar-refractivity contribution in [3.8, 4) is 0 Å². The first-order valence-electron chi connectivity index (χ1n) is 6.84. The number of hydrogen-bond donors (Lipinski definition) is 2. The van der Waals surface area contributed by atoms with Crippen LogP contribution in [-0.2, 0) is 5.41 Å². The lowest BCUT2D eigenvalue weighted by molar-refractivity contribution is 0.0934. The van der Waals surface area contributed by atoms with Crippen LogP contribution >= 0.6 is 0 Å². The van der Waals surface area contributed by atoms with Gasteiger partial charge in [0, 0.05) is 12.2 Å². The summed E-state index contributed by atoms with van der Waals surface area (Å²) in [5, 5.41) is 9.44. The van der Waals surface area contributed by atoms with Crippen LogP contribution in [0.5, 0.6) is 0 Å². The number of aromatic nitrogens is 2. The molecule has 0 bridgehead atoms. The van der Waals surface area contributed by atoms with Gasteiger partial charge in [-0.1, -0.05) is 44.2 Å². The van der Waals surface area contributed by atoms with Crippen molar-refractivity contribution < 1.29 is 4.79 Å². The van der Waals surface area contributed by atoms with Crippen LogP contribution in [0.25, 0.3) is 0 Å². The van der Waals surface area contributed by atoms with Gasteiger partial charge in [0.25, 0.3) is 5.91 Å². The Balaban J connectivity index is 1.97. The molecule has 1 unspecified atom stereocenters.